The fourth-order valence-electron chi connectivity index (χ4n) is 1.60. The van der Waals surface area contributed by atoms with Crippen molar-refractivity contribution in [3.63, 3.8) is 0 Å². The minimum atomic E-state index is -3.81. The quantitative estimate of drug-likeness (QED) is 0.691. The lowest BCUT2D eigenvalue weighted by molar-refractivity contribution is 0.459. The largest absolute Gasteiger partial charge is 0.285 e. The average molecular weight is 192 g/mol. The highest BCUT2D eigenvalue weighted by molar-refractivity contribution is 7.87. The van der Waals surface area contributed by atoms with Gasteiger partial charge in [-0.2, -0.15) is 8.42 Å². The average Bonchev–Trinajstić information content (AvgIpc) is 2.58. The molecule has 1 rings (SSSR count). The van der Waals surface area contributed by atoms with Crippen LogP contribution in [0, 0.1) is 5.92 Å². The topological polar surface area (TPSA) is 54.4 Å². The van der Waals surface area contributed by atoms with Crippen LogP contribution in [0.4, 0.5) is 0 Å². The first-order chi connectivity index (χ1) is 5.42. The van der Waals surface area contributed by atoms with Crippen molar-refractivity contribution in [2.24, 2.45) is 5.92 Å². The Morgan fingerprint density at radius 1 is 1.58 bits per heavy atom. The van der Waals surface area contributed by atoms with Gasteiger partial charge in [-0.05, 0) is 25.7 Å². The molecule has 0 radical (unpaired) electrons. The summed E-state index contributed by atoms with van der Waals surface area (Å²) >= 11 is 0. The summed E-state index contributed by atoms with van der Waals surface area (Å²) in [6, 6.07) is 0. The molecule has 12 heavy (non-hydrogen) atoms. The van der Waals surface area contributed by atoms with Gasteiger partial charge < -0.3 is 0 Å². The van der Waals surface area contributed by atoms with Crippen LogP contribution in [0.25, 0.3) is 0 Å². The molecule has 1 saturated carbocycles. The molecule has 1 aliphatic carbocycles. The van der Waals surface area contributed by atoms with E-state index in [9.17, 15) is 8.42 Å². The van der Waals surface area contributed by atoms with Gasteiger partial charge in [0.05, 0.1) is 4.75 Å². The lowest BCUT2D eigenvalue weighted by Crippen LogP contribution is -2.20. The Hall–Kier alpha value is -0.0900. The zero-order valence-electron chi connectivity index (χ0n) is 7.58. The van der Waals surface area contributed by atoms with E-state index >= 15 is 0 Å². The molecule has 0 heterocycles. The summed E-state index contributed by atoms with van der Waals surface area (Å²) in [5, 5.41) is 0. The molecular formula is C8H16O3S. The molecule has 0 aromatic carbocycles. The fraction of sp³-hybridized carbons (Fsp3) is 1.00. The SMILES string of the molecule is CCCCC1CC1(C)S(=O)(=O)O. The van der Waals surface area contributed by atoms with E-state index in [0.717, 1.165) is 19.3 Å². The molecule has 72 valence electrons. The standard InChI is InChI=1S/C8H16O3S/c1-3-4-5-7-6-8(7,2)12(9,10)11/h7H,3-6H2,1-2H3,(H,9,10,11). The highest BCUT2D eigenvalue weighted by Gasteiger charge is 2.58. The summed E-state index contributed by atoms with van der Waals surface area (Å²) in [5.41, 5.74) is 0. The molecule has 0 amide bonds. The number of rotatable bonds is 4. The highest BCUT2D eigenvalue weighted by Crippen LogP contribution is 2.51. The zero-order chi connectivity index (χ0) is 9.41. The number of unbranched alkanes of at least 4 members (excludes halogenated alkanes) is 1. The van der Waals surface area contributed by atoms with Gasteiger partial charge in [0.1, 0.15) is 0 Å². The smallest absolute Gasteiger partial charge is 0.270 e. The normalized spacial score (nSPS) is 35.1. The molecule has 0 bridgehead atoms. The molecule has 3 nitrogen and oxygen atoms in total. The van der Waals surface area contributed by atoms with Crippen molar-refractivity contribution in [1.82, 2.24) is 0 Å². The van der Waals surface area contributed by atoms with Crippen LogP contribution in [0.15, 0.2) is 0 Å². The van der Waals surface area contributed by atoms with Crippen molar-refractivity contribution >= 4 is 10.1 Å². The van der Waals surface area contributed by atoms with Gasteiger partial charge in [-0.3, -0.25) is 4.55 Å². The van der Waals surface area contributed by atoms with Crippen LogP contribution in [0.5, 0.6) is 0 Å². The number of hydrogen-bond donors (Lipinski definition) is 1. The molecule has 0 spiro atoms. The monoisotopic (exact) mass is 192 g/mol. The maximum absolute atomic E-state index is 10.8. The van der Waals surface area contributed by atoms with E-state index in [0.29, 0.717) is 6.42 Å². The van der Waals surface area contributed by atoms with E-state index in [-0.39, 0.29) is 5.92 Å². The van der Waals surface area contributed by atoms with Crippen LogP contribution >= 0.6 is 0 Å². The fourth-order valence-corrected chi connectivity index (χ4v) is 2.56. The Bertz CT molecular complexity index is 257. The van der Waals surface area contributed by atoms with E-state index < -0.39 is 14.9 Å². The van der Waals surface area contributed by atoms with Crippen LogP contribution in [0.3, 0.4) is 0 Å². The van der Waals surface area contributed by atoms with Gasteiger partial charge in [-0.15, -0.1) is 0 Å². The lowest BCUT2D eigenvalue weighted by atomic mass is 10.1. The third-order valence-corrected chi connectivity index (χ3v) is 4.53. The molecule has 2 unspecified atom stereocenters. The van der Waals surface area contributed by atoms with Crippen LogP contribution < -0.4 is 0 Å². The van der Waals surface area contributed by atoms with E-state index in [2.05, 4.69) is 6.92 Å². The third kappa shape index (κ3) is 1.64. The molecule has 0 aliphatic heterocycles. The molecular weight excluding hydrogens is 176 g/mol. The van der Waals surface area contributed by atoms with Gasteiger partial charge in [0.25, 0.3) is 10.1 Å². The second-order valence-electron chi connectivity index (χ2n) is 3.83. The van der Waals surface area contributed by atoms with Gasteiger partial charge in [0, 0.05) is 0 Å². The van der Waals surface area contributed by atoms with Gasteiger partial charge in [0.15, 0.2) is 0 Å². The third-order valence-electron chi connectivity index (χ3n) is 2.85. The van der Waals surface area contributed by atoms with Crippen molar-refractivity contribution in [2.75, 3.05) is 0 Å². The maximum atomic E-state index is 10.8. The van der Waals surface area contributed by atoms with Crippen LogP contribution in [0.1, 0.15) is 39.5 Å². The molecule has 0 aromatic rings. The van der Waals surface area contributed by atoms with E-state index in [4.69, 9.17) is 4.55 Å². The van der Waals surface area contributed by atoms with Gasteiger partial charge in [0.2, 0.25) is 0 Å². The van der Waals surface area contributed by atoms with Crippen LogP contribution in [0.2, 0.25) is 0 Å². The first-order valence-electron chi connectivity index (χ1n) is 4.39. The molecule has 1 aliphatic rings. The van der Waals surface area contributed by atoms with E-state index in [1.54, 1.807) is 6.92 Å². The van der Waals surface area contributed by atoms with Crippen molar-refractivity contribution in [3.8, 4) is 0 Å². The summed E-state index contributed by atoms with van der Waals surface area (Å²) < 4.78 is 29.7. The predicted octanol–water partition coefficient (Wildman–Crippen LogP) is 1.84. The van der Waals surface area contributed by atoms with Crippen molar-refractivity contribution in [2.45, 2.75) is 44.3 Å². The second kappa shape index (κ2) is 3.00. The summed E-state index contributed by atoms with van der Waals surface area (Å²) in [6.45, 7) is 3.70. The van der Waals surface area contributed by atoms with E-state index in [1.165, 1.54) is 0 Å². The van der Waals surface area contributed by atoms with Crippen molar-refractivity contribution in [1.29, 1.82) is 0 Å². The first-order valence-corrected chi connectivity index (χ1v) is 5.83. The van der Waals surface area contributed by atoms with Gasteiger partial charge in [-0.1, -0.05) is 19.8 Å². The van der Waals surface area contributed by atoms with Crippen LogP contribution in [-0.2, 0) is 10.1 Å². The molecule has 2 atom stereocenters. The Morgan fingerprint density at radius 2 is 2.17 bits per heavy atom. The summed E-state index contributed by atoms with van der Waals surface area (Å²) in [4.78, 5) is 0. The minimum Gasteiger partial charge on any atom is -0.285 e. The Morgan fingerprint density at radius 3 is 2.50 bits per heavy atom. The first kappa shape index (κ1) is 9.99. The maximum Gasteiger partial charge on any atom is 0.270 e. The Kier molecular flexibility index (Phi) is 2.50. The molecule has 0 saturated heterocycles. The Labute approximate surface area is 73.9 Å². The highest BCUT2D eigenvalue weighted by atomic mass is 32.2. The number of hydrogen-bond acceptors (Lipinski definition) is 2. The molecule has 4 heteroatoms. The summed E-state index contributed by atoms with van der Waals surface area (Å²) in [6.07, 6.45) is 3.69. The van der Waals surface area contributed by atoms with Gasteiger partial charge in [-0.25, -0.2) is 0 Å². The van der Waals surface area contributed by atoms with Gasteiger partial charge >= 0.3 is 0 Å². The second-order valence-corrected chi connectivity index (χ2v) is 5.71. The summed E-state index contributed by atoms with van der Waals surface area (Å²) in [7, 11) is -3.81. The Balaban J connectivity index is 2.49. The van der Waals surface area contributed by atoms with Crippen LogP contribution in [-0.4, -0.2) is 17.7 Å². The molecule has 1 N–H and O–H groups in total. The molecule has 1 fully saturated rings. The lowest BCUT2D eigenvalue weighted by Gasteiger charge is -2.05. The molecule has 0 aromatic heterocycles. The minimum absolute atomic E-state index is 0.187. The van der Waals surface area contributed by atoms with Crippen molar-refractivity contribution < 1.29 is 13.0 Å². The predicted molar refractivity (Wildman–Crippen MR) is 47.6 cm³/mol. The van der Waals surface area contributed by atoms with Crippen molar-refractivity contribution in [3.05, 3.63) is 0 Å². The van der Waals surface area contributed by atoms with E-state index in [1.807, 2.05) is 0 Å². The zero-order valence-corrected chi connectivity index (χ0v) is 8.39. The summed E-state index contributed by atoms with van der Waals surface area (Å²) in [5.74, 6) is 0.187.